The highest BCUT2D eigenvalue weighted by Crippen LogP contribution is 2.42. The van der Waals surface area contributed by atoms with Crippen molar-refractivity contribution in [1.82, 2.24) is 5.32 Å². The number of hydrogen-bond donors (Lipinski definition) is 3. The van der Waals surface area contributed by atoms with Gasteiger partial charge in [-0.15, -0.1) is 0 Å². The SMILES string of the molecule is CCOC(=O)C(O)(c1ccc(NC(=S)NC(=O)c2ccccc2)c(OC)c1)C(F)(F)F. The van der Waals surface area contributed by atoms with E-state index in [9.17, 15) is 27.9 Å². The van der Waals surface area contributed by atoms with Gasteiger partial charge < -0.3 is 19.9 Å². The third-order valence-corrected chi connectivity index (χ3v) is 4.32. The van der Waals surface area contributed by atoms with E-state index in [1.54, 1.807) is 30.3 Å². The topological polar surface area (TPSA) is 96.9 Å². The number of rotatable bonds is 6. The Morgan fingerprint density at radius 2 is 1.77 bits per heavy atom. The number of alkyl halides is 3. The first-order chi connectivity index (χ1) is 14.5. The Bertz CT molecular complexity index is 969. The lowest BCUT2D eigenvalue weighted by Crippen LogP contribution is -2.50. The molecule has 1 amide bonds. The second-order valence-electron chi connectivity index (χ2n) is 6.12. The molecular weight excluding hydrogens is 437 g/mol. The van der Waals surface area contributed by atoms with Crippen LogP contribution >= 0.6 is 12.2 Å². The Morgan fingerprint density at radius 1 is 1.13 bits per heavy atom. The van der Waals surface area contributed by atoms with Gasteiger partial charge in [0.1, 0.15) is 5.75 Å². The monoisotopic (exact) mass is 456 g/mol. The van der Waals surface area contributed by atoms with Crippen molar-refractivity contribution in [3.63, 3.8) is 0 Å². The number of benzene rings is 2. The number of ether oxygens (including phenoxy) is 2. The minimum Gasteiger partial charge on any atom is -0.495 e. The lowest BCUT2D eigenvalue weighted by atomic mass is 9.92. The summed E-state index contributed by atoms with van der Waals surface area (Å²) in [5.74, 6) is -2.53. The molecule has 1 unspecified atom stereocenters. The highest BCUT2D eigenvalue weighted by atomic mass is 32.1. The summed E-state index contributed by atoms with van der Waals surface area (Å²) in [6, 6.07) is 11.0. The van der Waals surface area contributed by atoms with Crippen LogP contribution in [0.4, 0.5) is 18.9 Å². The minimum atomic E-state index is -5.35. The molecule has 3 N–H and O–H groups in total. The maximum absolute atomic E-state index is 13.5. The van der Waals surface area contributed by atoms with Crippen molar-refractivity contribution >= 4 is 34.9 Å². The molecule has 11 heteroatoms. The molecule has 0 bridgehead atoms. The molecule has 31 heavy (non-hydrogen) atoms. The number of anilines is 1. The van der Waals surface area contributed by atoms with Gasteiger partial charge in [0.15, 0.2) is 5.11 Å². The van der Waals surface area contributed by atoms with Crippen LogP contribution in [0.5, 0.6) is 5.75 Å². The van der Waals surface area contributed by atoms with Gasteiger partial charge in [0, 0.05) is 11.1 Å². The average Bonchev–Trinajstić information content (AvgIpc) is 2.73. The first-order valence-electron chi connectivity index (χ1n) is 8.86. The van der Waals surface area contributed by atoms with E-state index in [0.717, 1.165) is 18.2 Å². The number of carbonyl (C=O) groups excluding carboxylic acids is 2. The van der Waals surface area contributed by atoms with Crippen LogP contribution in [-0.4, -0.2) is 42.0 Å². The van der Waals surface area contributed by atoms with Crippen LogP contribution < -0.4 is 15.4 Å². The number of methoxy groups -OCH3 is 1. The molecule has 0 fully saturated rings. The van der Waals surface area contributed by atoms with E-state index in [-0.39, 0.29) is 23.2 Å². The van der Waals surface area contributed by atoms with Crippen LogP contribution in [0.15, 0.2) is 48.5 Å². The summed E-state index contributed by atoms with van der Waals surface area (Å²) in [5, 5.41) is 15.1. The van der Waals surface area contributed by atoms with Crippen molar-refractivity contribution in [2.45, 2.75) is 18.7 Å². The van der Waals surface area contributed by atoms with Gasteiger partial charge in [-0.2, -0.15) is 13.2 Å². The predicted octanol–water partition coefficient (Wildman–Crippen LogP) is 3.14. The smallest absolute Gasteiger partial charge is 0.432 e. The third-order valence-electron chi connectivity index (χ3n) is 4.11. The average molecular weight is 456 g/mol. The molecule has 0 aliphatic heterocycles. The zero-order chi connectivity index (χ0) is 23.2. The molecule has 7 nitrogen and oxygen atoms in total. The van der Waals surface area contributed by atoms with Crippen LogP contribution in [0.25, 0.3) is 0 Å². The Balaban J connectivity index is 2.29. The van der Waals surface area contributed by atoms with E-state index >= 15 is 0 Å². The van der Waals surface area contributed by atoms with Crippen molar-refractivity contribution < 1.29 is 37.3 Å². The molecule has 0 spiro atoms. The zero-order valence-electron chi connectivity index (χ0n) is 16.4. The molecule has 166 valence electrons. The first-order valence-corrected chi connectivity index (χ1v) is 9.27. The molecule has 0 aliphatic carbocycles. The Hall–Kier alpha value is -3.18. The van der Waals surface area contributed by atoms with Gasteiger partial charge in [-0.1, -0.05) is 24.3 Å². The van der Waals surface area contributed by atoms with Crippen LogP contribution in [0.1, 0.15) is 22.8 Å². The number of carbonyl (C=O) groups is 2. The number of esters is 1. The van der Waals surface area contributed by atoms with Gasteiger partial charge in [-0.25, -0.2) is 4.79 Å². The number of hydrogen-bond acceptors (Lipinski definition) is 6. The highest BCUT2D eigenvalue weighted by Gasteiger charge is 2.62. The number of halogens is 3. The Labute approximate surface area is 181 Å². The summed E-state index contributed by atoms with van der Waals surface area (Å²) in [7, 11) is 1.17. The Morgan fingerprint density at radius 3 is 2.32 bits per heavy atom. The fourth-order valence-corrected chi connectivity index (χ4v) is 2.77. The molecular formula is C20H19F3N2O5S. The van der Waals surface area contributed by atoms with Gasteiger partial charge in [-0.05, 0) is 43.4 Å². The van der Waals surface area contributed by atoms with E-state index in [1.165, 1.54) is 14.0 Å². The van der Waals surface area contributed by atoms with Crippen LogP contribution in [-0.2, 0) is 15.1 Å². The Kier molecular flexibility index (Phi) is 7.58. The van der Waals surface area contributed by atoms with Crippen molar-refractivity contribution in [2.75, 3.05) is 19.0 Å². The van der Waals surface area contributed by atoms with Gasteiger partial charge in [0.05, 0.1) is 19.4 Å². The largest absolute Gasteiger partial charge is 0.495 e. The minimum absolute atomic E-state index is 0.0954. The van der Waals surface area contributed by atoms with Crippen LogP contribution in [0.3, 0.4) is 0 Å². The van der Waals surface area contributed by atoms with E-state index in [2.05, 4.69) is 15.4 Å². The molecule has 0 aliphatic rings. The van der Waals surface area contributed by atoms with Crippen molar-refractivity contribution in [3.8, 4) is 5.75 Å². The van der Waals surface area contributed by atoms with E-state index in [0.29, 0.717) is 5.56 Å². The van der Waals surface area contributed by atoms with Crippen molar-refractivity contribution in [3.05, 3.63) is 59.7 Å². The fourth-order valence-electron chi connectivity index (χ4n) is 2.57. The van der Waals surface area contributed by atoms with Gasteiger partial charge in [0.25, 0.3) is 11.5 Å². The summed E-state index contributed by atoms with van der Waals surface area (Å²) in [6.07, 6.45) is -5.35. The van der Waals surface area contributed by atoms with Crippen LogP contribution in [0.2, 0.25) is 0 Å². The predicted molar refractivity (Wildman–Crippen MR) is 110 cm³/mol. The number of aliphatic hydroxyl groups is 1. The summed E-state index contributed by atoms with van der Waals surface area (Å²) in [5.41, 5.74) is -4.26. The molecule has 0 radical (unpaired) electrons. The molecule has 2 aromatic carbocycles. The first kappa shape index (κ1) is 24.1. The molecule has 2 aromatic rings. The quantitative estimate of drug-likeness (QED) is 0.454. The maximum Gasteiger partial charge on any atom is 0.432 e. The second kappa shape index (κ2) is 9.75. The van der Waals surface area contributed by atoms with Crippen LogP contribution in [0, 0.1) is 0 Å². The summed E-state index contributed by atoms with van der Waals surface area (Å²) >= 11 is 5.06. The highest BCUT2D eigenvalue weighted by molar-refractivity contribution is 7.80. The third kappa shape index (κ3) is 5.30. The van der Waals surface area contributed by atoms with Gasteiger partial charge in [-0.3, -0.25) is 10.1 Å². The number of thiocarbonyl (C=S) groups is 1. The summed E-state index contributed by atoms with van der Waals surface area (Å²) in [6.45, 7) is 0.955. The molecule has 0 saturated carbocycles. The molecule has 1 atom stereocenters. The summed E-state index contributed by atoms with van der Waals surface area (Å²) < 4.78 is 50.1. The second-order valence-corrected chi connectivity index (χ2v) is 6.53. The van der Waals surface area contributed by atoms with E-state index in [1.807, 2.05) is 0 Å². The normalized spacial score (nSPS) is 13.0. The van der Waals surface area contributed by atoms with E-state index < -0.39 is 29.2 Å². The lowest BCUT2D eigenvalue weighted by molar-refractivity contribution is -0.267. The lowest BCUT2D eigenvalue weighted by Gasteiger charge is -2.29. The zero-order valence-corrected chi connectivity index (χ0v) is 17.3. The maximum atomic E-state index is 13.5. The van der Waals surface area contributed by atoms with Gasteiger partial charge >= 0.3 is 12.1 Å². The van der Waals surface area contributed by atoms with Gasteiger partial charge in [0.2, 0.25) is 0 Å². The molecule has 0 saturated heterocycles. The fraction of sp³-hybridized carbons (Fsp3) is 0.250. The molecule has 0 heterocycles. The number of nitrogens with one attached hydrogen (secondary N) is 2. The van der Waals surface area contributed by atoms with E-state index in [4.69, 9.17) is 17.0 Å². The number of amides is 1. The summed E-state index contributed by atoms with van der Waals surface area (Å²) in [4.78, 5) is 24.1. The van der Waals surface area contributed by atoms with Crippen molar-refractivity contribution in [2.24, 2.45) is 0 Å². The standard InChI is InChI=1S/C20H19F3N2O5S/c1-3-30-17(27)19(28,20(21,22)23)13-9-10-14(15(11-13)29-2)24-18(31)25-16(26)12-7-5-4-6-8-12/h4-11,28H,3H2,1-2H3,(H2,24,25,26,31). The molecule has 0 aromatic heterocycles. The molecule has 2 rings (SSSR count). The van der Waals surface area contributed by atoms with Crippen molar-refractivity contribution in [1.29, 1.82) is 0 Å².